The molecule has 0 aromatic carbocycles. The molecule has 2 heterocycles. The number of hydrogen-bond donors (Lipinski definition) is 1. The quantitative estimate of drug-likeness (QED) is 0.725. The second-order valence-electron chi connectivity index (χ2n) is 5.40. The molecule has 1 N–H and O–H groups in total. The highest BCUT2D eigenvalue weighted by atomic mass is 32.2. The van der Waals surface area contributed by atoms with E-state index < -0.39 is 26.2 Å². The van der Waals surface area contributed by atoms with Gasteiger partial charge in [-0.2, -0.15) is 4.98 Å². The fraction of sp³-hybridized carbons (Fsp3) is 0.500. The van der Waals surface area contributed by atoms with Gasteiger partial charge in [0.15, 0.2) is 10.7 Å². The number of rotatable bonds is 5. The summed E-state index contributed by atoms with van der Waals surface area (Å²) >= 11 is 0. The van der Waals surface area contributed by atoms with E-state index in [4.69, 9.17) is 4.52 Å². The lowest BCUT2D eigenvalue weighted by Crippen LogP contribution is -2.41. The molecule has 1 saturated carbocycles. The van der Waals surface area contributed by atoms with Gasteiger partial charge in [0.2, 0.25) is 15.9 Å². The SMILES string of the molecule is Cn1cc(S(=O)(=O)NCc2noc(C3CC3)n2)c(=O)n(C)c1=O. The highest BCUT2D eigenvalue weighted by Gasteiger charge is 2.30. The maximum atomic E-state index is 12.3. The number of sulfonamides is 1. The molecule has 2 aromatic rings. The lowest BCUT2D eigenvalue weighted by atomic mass is 10.4. The van der Waals surface area contributed by atoms with E-state index in [-0.39, 0.29) is 18.3 Å². The fourth-order valence-electron chi connectivity index (χ4n) is 2.03. The van der Waals surface area contributed by atoms with Crippen LogP contribution in [0.15, 0.2) is 25.2 Å². The molecular formula is C12H15N5O5S. The molecular weight excluding hydrogens is 326 g/mol. The Morgan fingerprint density at radius 3 is 2.70 bits per heavy atom. The van der Waals surface area contributed by atoms with Crippen molar-refractivity contribution in [3.05, 3.63) is 38.8 Å². The van der Waals surface area contributed by atoms with E-state index >= 15 is 0 Å². The highest BCUT2D eigenvalue weighted by Crippen LogP contribution is 2.38. The Hall–Kier alpha value is -2.27. The van der Waals surface area contributed by atoms with Crippen LogP contribution < -0.4 is 16.0 Å². The Labute approximate surface area is 130 Å². The second-order valence-corrected chi connectivity index (χ2v) is 7.13. The van der Waals surface area contributed by atoms with Crippen molar-refractivity contribution >= 4 is 10.0 Å². The van der Waals surface area contributed by atoms with Crippen LogP contribution in [0.1, 0.15) is 30.5 Å². The summed E-state index contributed by atoms with van der Waals surface area (Å²) in [5.74, 6) is 0.957. The average molecular weight is 341 g/mol. The molecule has 11 heteroatoms. The van der Waals surface area contributed by atoms with Crippen molar-refractivity contribution in [1.82, 2.24) is 24.0 Å². The number of aryl methyl sites for hydroxylation is 1. The molecule has 2 aromatic heterocycles. The molecule has 0 radical (unpaired) electrons. The van der Waals surface area contributed by atoms with E-state index in [2.05, 4.69) is 14.9 Å². The molecule has 1 aliphatic rings. The summed E-state index contributed by atoms with van der Waals surface area (Å²) in [7, 11) is -1.53. The van der Waals surface area contributed by atoms with Crippen LogP contribution in [0.4, 0.5) is 0 Å². The van der Waals surface area contributed by atoms with E-state index in [9.17, 15) is 18.0 Å². The van der Waals surface area contributed by atoms with Gasteiger partial charge in [0.05, 0.1) is 6.54 Å². The van der Waals surface area contributed by atoms with Crippen molar-refractivity contribution in [2.24, 2.45) is 14.1 Å². The minimum atomic E-state index is -4.11. The molecule has 1 aliphatic carbocycles. The van der Waals surface area contributed by atoms with Crippen molar-refractivity contribution in [3.8, 4) is 0 Å². The minimum Gasteiger partial charge on any atom is -0.339 e. The van der Waals surface area contributed by atoms with Crippen LogP contribution in [0.2, 0.25) is 0 Å². The number of nitrogens with zero attached hydrogens (tertiary/aromatic N) is 4. The van der Waals surface area contributed by atoms with Gasteiger partial charge < -0.3 is 9.09 Å². The van der Waals surface area contributed by atoms with Crippen molar-refractivity contribution in [1.29, 1.82) is 0 Å². The first kappa shape index (κ1) is 15.6. The van der Waals surface area contributed by atoms with Crippen molar-refractivity contribution in [2.45, 2.75) is 30.2 Å². The summed E-state index contributed by atoms with van der Waals surface area (Å²) in [6.45, 7) is -0.204. The maximum absolute atomic E-state index is 12.3. The Morgan fingerprint density at radius 2 is 2.04 bits per heavy atom. The first-order valence-electron chi connectivity index (χ1n) is 6.88. The molecule has 0 spiro atoms. The summed E-state index contributed by atoms with van der Waals surface area (Å²) in [4.78, 5) is 27.2. The third-order valence-electron chi connectivity index (χ3n) is 3.54. The Bertz CT molecular complexity index is 966. The van der Waals surface area contributed by atoms with Crippen molar-refractivity contribution in [2.75, 3.05) is 0 Å². The summed E-state index contributed by atoms with van der Waals surface area (Å²) in [5, 5.41) is 3.69. The smallest absolute Gasteiger partial charge is 0.330 e. The minimum absolute atomic E-state index is 0.192. The number of aromatic nitrogens is 4. The third-order valence-corrected chi connectivity index (χ3v) is 4.92. The van der Waals surface area contributed by atoms with Crippen LogP contribution in [0.3, 0.4) is 0 Å². The van der Waals surface area contributed by atoms with E-state index in [1.165, 1.54) is 14.1 Å². The van der Waals surface area contributed by atoms with Crippen molar-refractivity contribution in [3.63, 3.8) is 0 Å². The third kappa shape index (κ3) is 2.97. The first-order valence-corrected chi connectivity index (χ1v) is 8.36. The zero-order valence-corrected chi connectivity index (χ0v) is 13.3. The van der Waals surface area contributed by atoms with Crippen LogP contribution in [0, 0.1) is 0 Å². The van der Waals surface area contributed by atoms with E-state index in [1.807, 2.05) is 0 Å². The van der Waals surface area contributed by atoms with Gasteiger partial charge in [-0.25, -0.2) is 17.9 Å². The fourth-order valence-corrected chi connectivity index (χ4v) is 3.17. The molecule has 0 unspecified atom stereocenters. The van der Waals surface area contributed by atoms with Gasteiger partial charge in [0, 0.05) is 26.2 Å². The summed E-state index contributed by atoms with van der Waals surface area (Å²) in [6, 6.07) is 0. The zero-order valence-electron chi connectivity index (χ0n) is 12.5. The van der Waals surface area contributed by atoms with E-state index in [0.717, 1.165) is 28.2 Å². The Balaban J connectivity index is 1.84. The summed E-state index contributed by atoms with van der Waals surface area (Å²) in [6.07, 6.45) is 2.96. The van der Waals surface area contributed by atoms with Crippen LogP contribution in [-0.4, -0.2) is 27.7 Å². The summed E-state index contributed by atoms with van der Waals surface area (Å²) in [5.41, 5.74) is -1.51. The van der Waals surface area contributed by atoms with Crippen LogP contribution in [0.5, 0.6) is 0 Å². The standard InChI is InChI=1S/C12H15N5O5S/c1-16-6-8(11(18)17(2)12(16)19)23(20,21)13-5-9-14-10(22-15-9)7-3-4-7/h6-7,13H,3-5H2,1-2H3. The van der Waals surface area contributed by atoms with Gasteiger partial charge in [-0.05, 0) is 12.8 Å². The molecule has 23 heavy (non-hydrogen) atoms. The zero-order chi connectivity index (χ0) is 16.8. The predicted molar refractivity (Wildman–Crippen MR) is 77.2 cm³/mol. The normalized spacial score (nSPS) is 15.0. The van der Waals surface area contributed by atoms with Crippen LogP contribution in [-0.2, 0) is 30.7 Å². The molecule has 0 aliphatic heterocycles. The number of hydrogen-bond acceptors (Lipinski definition) is 7. The number of nitrogens with one attached hydrogen (secondary N) is 1. The predicted octanol–water partition coefficient (Wildman–Crippen LogP) is -1.18. The van der Waals surface area contributed by atoms with Gasteiger partial charge in [0.25, 0.3) is 5.56 Å². The lowest BCUT2D eigenvalue weighted by Gasteiger charge is -2.07. The molecule has 0 amide bonds. The highest BCUT2D eigenvalue weighted by molar-refractivity contribution is 7.89. The molecule has 1 fully saturated rings. The Kier molecular flexibility index (Phi) is 3.68. The van der Waals surface area contributed by atoms with Crippen LogP contribution in [0.25, 0.3) is 0 Å². The molecule has 0 bridgehead atoms. The summed E-state index contributed by atoms with van der Waals surface area (Å²) < 4.78 is 33.6. The van der Waals surface area contributed by atoms with Gasteiger partial charge in [-0.3, -0.25) is 9.36 Å². The second kappa shape index (κ2) is 5.42. The van der Waals surface area contributed by atoms with E-state index in [1.54, 1.807) is 0 Å². The average Bonchev–Trinajstić information content (AvgIpc) is 3.25. The van der Waals surface area contributed by atoms with Gasteiger partial charge >= 0.3 is 5.69 Å². The molecule has 10 nitrogen and oxygen atoms in total. The van der Waals surface area contributed by atoms with Gasteiger partial charge in [-0.1, -0.05) is 5.16 Å². The molecule has 0 atom stereocenters. The first-order chi connectivity index (χ1) is 10.8. The molecule has 0 saturated heterocycles. The lowest BCUT2D eigenvalue weighted by molar-refractivity contribution is 0.373. The molecule has 3 rings (SSSR count). The Morgan fingerprint density at radius 1 is 1.35 bits per heavy atom. The van der Waals surface area contributed by atoms with Crippen LogP contribution >= 0.6 is 0 Å². The van der Waals surface area contributed by atoms with Gasteiger partial charge in [-0.15, -0.1) is 0 Å². The van der Waals surface area contributed by atoms with Crippen molar-refractivity contribution < 1.29 is 12.9 Å². The molecule has 124 valence electrons. The van der Waals surface area contributed by atoms with E-state index in [0.29, 0.717) is 5.89 Å². The van der Waals surface area contributed by atoms with Gasteiger partial charge in [0.1, 0.15) is 0 Å². The largest absolute Gasteiger partial charge is 0.339 e. The topological polar surface area (TPSA) is 129 Å². The maximum Gasteiger partial charge on any atom is 0.330 e. The monoisotopic (exact) mass is 341 g/mol.